The number of carbonyl (C=O) groups is 2. The highest BCUT2D eigenvalue weighted by Gasteiger charge is 2.27. The predicted octanol–water partition coefficient (Wildman–Crippen LogP) is 2.80. The number of nitrogens with zero attached hydrogens (tertiary/aromatic N) is 1. The highest BCUT2D eigenvalue weighted by atomic mass is 16.5. The minimum atomic E-state index is -0.0847. The second-order valence-electron chi connectivity index (χ2n) is 8.01. The molecule has 0 aromatic heterocycles. The zero-order chi connectivity index (χ0) is 20.6. The summed E-state index contributed by atoms with van der Waals surface area (Å²) in [5.41, 5.74) is 0.625. The lowest BCUT2D eigenvalue weighted by Gasteiger charge is -2.32. The van der Waals surface area contributed by atoms with E-state index in [-0.39, 0.29) is 17.7 Å². The highest BCUT2D eigenvalue weighted by Crippen LogP contribution is 2.29. The molecule has 2 amide bonds. The van der Waals surface area contributed by atoms with Crippen molar-refractivity contribution >= 4 is 17.5 Å². The first kappa shape index (κ1) is 21.4. The van der Waals surface area contributed by atoms with Crippen LogP contribution in [0.1, 0.15) is 44.9 Å². The van der Waals surface area contributed by atoms with Gasteiger partial charge in [-0.25, -0.2) is 0 Å². The van der Waals surface area contributed by atoms with E-state index in [0.717, 1.165) is 38.8 Å². The summed E-state index contributed by atoms with van der Waals surface area (Å²) in [6.45, 7) is 1.83. The zero-order valence-corrected chi connectivity index (χ0v) is 17.5. The number of hydrogen-bond donors (Lipinski definition) is 2. The van der Waals surface area contributed by atoms with Gasteiger partial charge in [-0.15, -0.1) is 0 Å². The number of rotatable bonds is 7. The number of benzene rings is 1. The van der Waals surface area contributed by atoms with Crippen LogP contribution in [0.2, 0.25) is 0 Å². The Morgan fingerprint density at radius 3 is 2.41 bits per heavy atom. The molecule has 0 bridgehead atoms. The lowest BCUT2D eigenvalue weighted by Crippen LogP contribution is -2.45. The number of nitrogens with one attached hydrogen (secondary N) is 2. The Balaban J connectivity index is 1.43. The molecule has 1 saturated heterocycles. The van der Waals surface area contributed by atoms with Crippen molar-refractivity contribution in [2.45, 2.75) is 51.0 Å². The maximum Gasteiger partial charge on any atom is 0.238 e. The average molecular weight is 404 g/mol. The van der Waals surface area contributed by atoms with Crippen LogP contribution >= 0.6 is 0 Å². The van der Waals surface area contributed by atoms with Crippen LogP contribution in [0.25, 0.3) is 0 Å². The molecule has 2 fully saturated rings. The van der Waals surface area contributed by atoms with Crippen molar-refractivity contribution < 1.29 is 19.1 Å². The van der Waals surface area contributed by atoms with Crippen molar-refractivity contribution in [3.8, 4) is 11.5 Å². The topological polar surface area (TPSA) is 79.9 Å². The normalized spacial score (nSPS) is 18.8. The van der Waals surface area contributed by atoms with E-state index < -0.39 is 0 Å². The molecule has 1 aromatic carbocycles. The maximum atomic E-state index is 12.5. The van der Waals surface area contributed by atoms with Gasteiger partial charge in [-0.3, -0.25) is 14.5 Å². The first-order chi connectivity index (χ1) is 14.1. The summed E-state index contributed by atoms with van der Waals surface area (Å²) in [5.74, 6) is 1.42. The molecule has 2 N–H and O–H groups in total. The third-order valence-corrected chi connectivity index (χ3v) is 5.96. The van der Waals surface area contributed by atoms with Crippen LogP contribution in [0.15, 0.2) is 18.2 Å². The van der Waals surface area contributed by atoms with Gasteiger partial charge in [0.15, 0.2) is 0 Å². The van der Waals surface area contributed by atoms with E-state index in [4.69, 9.17) is 9.47 Å². The molecule has 1 saturated carbocycles. The summed E-state index contributed by atoms with van der Waals surface area (Å²) in [6.07, 6.45) is 7.55. The van der Waals surface area contributed by atoms with E-state index in [1.165, 1.54) is 19.3 Å². The average Bonchev–Trinajstić information content (AvgIpc) is 2.75. The number of hydrogen-bond acceptors (Lipinski definition) is 5. The molecule has 2 aliphatic rings. The first-order valence-electron chi connectivity index (χ1n) is 10.6. The van der Waals surface area contributed by atoms with E-state index >= 15 is 0 Å². The zero-order valence-electron chi connectivity index (χ0n) is 17.5. The summed E-state index contributed by atoms with van der Waals surface area (Å²) >= 11 is 0. The summed E-state index contributed by atoms with van der Waals surface area (Å²) in [7, 11) is 3.15. The van der Waals surface area contributed by atoms with Crippen molar-refractivity contribution in [3.63, 3.8) is 0 Å². The Labute approximate surface area is 173 Å². The third-order valence-electron chi connectivity index (χ3n) is 5.96. The first-order valence-corrected chi connectivity index (χ1v) is 10.6. The Bertz CT molecular complexity index is 695. The number of methoxy groups -OCH3 is 2. The van der Waals surface area contributed by atoms with Crippen LogP contribution in [0.5, 0.6) is 11.5 Å². The number of carbonyl (C=O) groups excluding carboxylic acids is 2. The van der Waals surface area contributed by atoms with Gasteiger partial charge in [0.2, 0.25) is 11.8 Å². The summed E-state index contributed by atoms with van der Waals surface area (Å²) < 4.78 is 10.5. The van der Waals surface area contributed by atoms with E-state index in [0.29, 0.717) is 29.8 Å². The molecule has 1 aliphatic carbocycles. The van der Waals surface area contributed by atoms with Crippen molar-refractivity contribution in [1.82, 2.24) is 10.2 Å². The molecular weight excluding hydrogens is 370 g/mol. The van der Waals surface area contributed by atoms with Crippen LogP contribution in [-0.2, 0) is 9.59 Å². The van der Waals surface area contributed by atoms with Gasteiger partial charge in [-0.1, -0.05) is 19.3 Å². The maximum absolute atomic E-state index is 12.5. The minimum Gasteiger partial charge on any atom is -0.497 e. The molecule has 7 heteroatoms. The van der Waals surface area contributed by atoms with Gasteiger partial charge in [-0.05, 0) is 50.9 Å². The molecule has 7 nitrogen and oxygen atoms in total. The molecule has 29 heavy (non-hydrogen) atoms. The largest absolute Gasteiger partial charge is 0.497 e. The predicted molar refractivity (Wildman–Crippen MR) is 112 cm³/mol. The number of likely N-dealkylation sites (tertiary alicyclic amines) is 1. The smallest absolute Gasteiger partial charge is 0.238 e. The van der Waals surface area contributed by atoms with Gasteiger partial charge in [-0.2, -0.15) is 0 Å². The molecule has 0 spiro atoms. The molecular formula is C22H33N3O4. The Morgan fingerprint density at radius 1 is 1.03 bits per heavy atom. The van der Waals surface area contributed by atoms with Crippen LogP contribution in [0, 0.1) is 5.92 Å². The fraction of sp³-hybridized carbons (Fsp3) is 0.636. The van der Waals surface area contributed by atoms with E-state index in [1.54, 1.807) is 32.4 Å². The molecule has 0 radical (unpaired) electrons. The molecule has 160 valence electrons. The van der Waals surface area contributed by atoms with Gasteiger partial charge < -0.3 is 20.1 Å². The number of piperidine rings is 1. The molecule has 0 unspecified atom stereocenters. The van der Waals surface area contributed by atoms with Crippen molar-refractivity contribution in [1.29, 1.82) is 0 Å². The molecule has 1 aromatic rings. The number of anilines is 1. The quantitative estimate of drug-likeness (QED) is 0.732. The standard InChI is InChI=1S/C22H33N3O4/c1-28-18-8-9-19(20(14-18)29-2)24-21(26)15-25-12-10-16(11-13-25)22(27)23-17-6-4-3-5-7-17/h8-9,14,16-17H,3-7,10-13,15H2,1-2H3,(H,23,27)(H,24,26). The Morgan fingerprint density at radius 2 is 1.76 bits per heavy atom. The SMILES string of the molecule is COc1ccc(NC(=O)CN2CCC(C(=O)NC3CCCCC3)CC2)c(OC)c1. The number of amides is 2. The fourth-order valence-corrected chi connectivity index (χ4v) is 4.21. The monoisotopic (exact) mass is 403 g/mol. The lowest BCUT2D eigenvalue weighted by atomic mass is 9.92. The van der Waals surface area contributed by atoms with E-state index in [9.17, 15) is 9.59 Å². The van der Waals surface area contributed by atoms with Gasteiger partial charge in [0.1, 0.15) is 11.5 Å². The van der Waals surface area contributed by atoms with E-state index in [1.807, 2.05) is 0 Å². The van der Waals surface area contributed by atoms with E-state index in [2.05, 4.69) is 15.5 Å². The van der Waals surface area contributed by atoms with Gasteiger partial charge in [0.05, 0.1) is 26.5 Å². The third kappa shape index (κ3) is 6.10. The lowest BCUT2D eigenvalue weighted by molar-refractivity contribution is -0.127. The second kappa shape index (κ2) is 10.5. The van der Waals surface area contributed by atoms with Crippen molar-refractivity contribution in [2.75, 3.05) is 39.2 Å². The van der Waals surface area contributed by atoms with Crippen molar-refractivity contribution in [2.24, 2.45) is 5.92 Å². The Kier molecular flexibility index (Phi) is 7.75. The minimum absolute atomic E-state index is 0.0675. The summed E-state index contributed by atoms with van der Waals surface area (Å²) in [5, 5.41) is 6.15. The molecule has 3 rings (SSSR count). The summed E-state index contributed by atoms with van der Waals surface area (Å²) in [6, 6.07) is 5.66. The van der Waals surface area contributed by atoms with Gasteiger partial charge >= 0.3 is 0 Å². The Hall–Kier alpha value is -2.28. The van der Waals surface area contributed by atoms with Crippen LogP contribution in [-0.4, -0.2) is 56.6 Å². The van der Waals surface area contributed by atoms with Crippen LogP contribution in [0.3, 0.4) is 0 Å². The fourth-order valence-electron chi connectivity index (χ4n) is 4.21. The molecule has 0 atom stereocenters. The number of ether oxygens (including phenoxy) is 2. The summed E-state index contributed by atoms with van der Waals surface area (Å²) in [4.78, 5) is 27.1. The molecule has 1 aliphatic heterocycles. The van der Waals surface area contributed by atoms with Crippen LogP contribution in [0.4, 0.5) is 5.69 Å². The van der Waals surface area contributed by atoms with Gasteiger partial charge in [0.25, 0.3) is 0 Å². The van der Waals surface area contributed by atoms with Crippen molar-refractivity contribution in [3.05, 3.63) is 18.2 Å². The molecule has 1 heterocycles. The highest BCUT2D eigenvalue weighted by molar-refractivity contribution is 5.93. The second-order valence-corrected chi connectivity index (χ2v) is 8.01. The van der Waals surface area contributed by atoms with Crippen LogP contribution < -0.4 is 20.1 Å². The van der Waals surface area contributed by atoms with Gasteiger partial charge in [0, 0.05) is 18.0 Å².